The fourth-order valence-electron chi connectivity index (χ4n) is 1.18. The maximum Gasteiger partial charge on any atom is 0.337 e. The predicted molar refractivity (Wildman–Crippen MR) is 60.5 cm³/mol. The minimum atomic E-state index is -1.16. The number of halogens is 2. The molecule has 18 heavy (non-hydrogen) atoms. The average molecular weight is 269 g/mol. The van der Waals surface area contributed by atoms with Crippen molar-refractivity contribution >= 4 is 17.6 Å². The normalized spacial score (nSPS) is 10.1. The lowest BCUT2D eigenvalue weighted by molar-refractivity contribution is 0.0696. The molecule has 7 heteroatoms. The summed E-state index contributed by atoms with van der Waals surface area (Å²) in [7, 11) is 0. The molecular formula is C11H6ClFN2O3. The first-order valence-electron chi connectivity index (χ1n) is 4.73. The van der Waals surface area contributed by atoms with Gasteiger partial charge in [-0.05, 0) is 12.1 Å². The Morgan fingerprint density at radius 1 is 1.33 bits per heavy atom. The molecule has 2 aromatic heterocycles. The van der Waals surface area contributed by atoms with Gasteiger partial charge in [-0.1, -0.05) is 11.6 Å². The van der Waals surface area contributed by atoms with Crippen LogP contribution in [0.3, 0.4) is 0 Å². The highest BCUT2D eigenvalue weighted by Crippen LogP contribution is 2.23. The zero-order valence-electron chi connectivity index (χ0n) is 8.80. The van der Waals surface area contributed by atoms with E-state index in [4.69, 9.17) is 21.4 Å². The molecule has 0 atom stereocenters. The molecule has 0 spiro atoms. The van der Waals surface area contributed by atoms with Crippen LogP contribution in [0, 0.1) is 5.82 Å². The zero-order chi connectivity index (χ0) is 13.1. The van der Waals surface area contributed by atoms with Crippen LogP contribution in [0.25, 0.3) is 0 Å². The van der Waals surface area contributed by atoms with Gasteiger partial charge in [0.2, 0.25) is 0 Å². The number of carboxylic acid groups (broad SMARTS) is 1. The number of carbonyl (C=O) groups is 1. The Labute approximate surface area is 106 Å². The summed E-state index contributed by atoms with van der Waals surface area (Å²) in [4.78, 5) is 18.0. The van der Waals surface area contributed by atoms with Gasteiger partial charge >= 0.3 is 5.97 Å². The SMILES string of the molecule is O=C(O)c1cncc(Oc2ncc(Cl)cc2F)c1. The van der Waals surface area contributed by atoms with Gasteiger partial charge in [-0.3, -0.25) is 4.98 Å². The summed E-state index contributed by atoms with van der Waals surface area (Å²) in [6.45, 7) is 0. The van der Waals surface area contributed by atoms with Gasteiger partial charge in [-0.15, -0.1) is 0 Å². The van der Waals surface area contributed by atoms with Crippen LogP contribution in [-0.2, 0) is 0 Å². The van der Waals surface area contributed by atoms with Crippen LogP contribution < -0.4 is 4.74 Å². The molecule has 2 rings (SSSR count). The number of rotatable bonds is 3. The van der Waals surface area contributed by atoms with Gasteiger partial charge in [0.05, 0.1) is 16.8 Å². The lowest BCUT2D eigenvalue weighted by Crippen LogP contribution is -1.98. The second-order valence-corrected chi connectivity index (χ2v) is 3.69. The van der Waals surface area contributed by atoms with E-state index in [0.29, 0.717) is 0 Å². The minimum absolute atomic E-state index is 0.0677. The average Bonchev–Trinajstić information content (AvgIpc) is 2.33. The van der Waals surface area contributed by atoms with Crippen LogP contribution in [-0.4, -0.2) is 21.0 Å². The lowest BCUT2D eigenvalue weighted by Gasteiger charge is -2.05. The molecule has 0 radical (unpaired) electrons. The van der Waals surface area contributed by atoms with Crippen molar-refractivity contribution in [3.05, 3.63) is 47.1 Å². The molecular weight excluding hydrogens is 263 g/mol. The van der Waals surface area contributed by atoms with E-state index in [1.54, 1.807) is 0 Å². The van der Waals surface area contributed by atoms with Gasteiger partial charge in [0, 0.05) is 12.4 Å². The number of hydrogen-bond donors (Lipinski definition) is 1. The van der Waals surface area contributed by atoms with Crippen LogP contribution in [0.4, 0.5) is 4.39 Å². The van der Waals surface area contributed by atoms with E-state index in [-0.39, 0.29) is 22.2 Å². The van der Waals surface area contributed by atoms with Crippen molar-refractivity contribution < 1.29 is 19.0 Å². The number of aromatic nitrogens is 2. The topological polar surface area (TPSA) is 72.3 Å². The number of aromatic carboxylic acids is 1. The van der Waals surface area contributed by atoms with E-state index in [9.17, 15) is 9.18 Å². The molecule has 0 aliphatic carbocycles. The maximum atomic E-state index is 13.4. The second-order valence-electron chi connectivity index (χ2n) is 3.26. The third kappa shape index (κ3) is 2.72. The molecule has 0 fully saturated rings. The van der Waals surface area contributed by atoms with E-state index >= 15 is 0 Å². The molecule has 0 aliphatic heterocycles. The van der Waals surface area contributed by atoms with E-state index in [1.165, 1.54) is 18.5 Å². The number of pyridine rings is 2. The van der Waals surface area contributed by atoms with Gasteiger partial charge in [-0.2, -0.15) is 0 Å². The molecule has 0 unspecified atom stereocenters. The summed E-state index contributed by atoms with van der Waals surface area (Å²) in [5, 5.41) is 8.90. The molecule has 0 aliphatic rings. The fourth-order valence-corrected chi connectivity index (χ4v) is 1.32. The Bertz CT molecular complexity index is 607. The standard InChI is InChI=1S/C11H6ClFN2O3/c12-7-2-9(13)10(15-4-7)18-8-1-6(11(16)17)3-14-5-8/h1-5H,(H,16,17). The quantitative estimate of drug-likeness (QED) is 0.927. The summed E-state index contributed by atoms with van der Waals surface area (Å²) in [6.07, 6.45) is 3.62. The molecule has 0 saturated heterocycles. The smallest absolute Gasteiger partial charge is 0.337 e. The fraction of sp³-hybridized carbons (Fsp3) is 0. The molecule has 2 heterocycles. The first-order valence-corrected chi connectivity index (χ1v) is 5.11. The maximum absolute atomic E-state index is 13.4. The molecule has 0 amide bonds. The van der Waals surface area contributed by atoms with Crippen LogP contribution in [0.5, 0.6) is 11.6 Å². The molecule has 2 aromatic rings. The van der Waals surface area contributed by atoms with Crippen molar-refractivity contribution in [2.45, 2.75) is 0 Å². The number of carboxylic acids is 1. The van der Waals surface area contributed by atoms with Gasteiger partial charge < -0.3 is 9.84 Å². The van der Waals surface area contributed by atoms with Gasteiger partial charge in [0.1, 0.15) is 5.75 Å². The largest absolute Gasteiger partial charge is 0.478 e. The Balaban J connectivity index is 2.28. The predicted octanol–water partition coefficient (Wildman–Crippen LogP) is 2.76. The van der Waals surface area contributed by atoms with E-state index in [0.717, 1.165) is 12.3 Å². The van der Waals surface area contributed by atoms with E-state index in [2.05, 4.69) is 9.97 Å². The van der Waals surface area contributed by atoms with Crippen LogP contribution in [0.2, 0.25) is 5.02 Å². The Hall–Kier alpha value is -2.21. The summed E-state index contributed by atoms with van der Waals surface area (Å²) in [5.41, 5.74) is -0.0677. The van der Waals surface area contributed by atoms with Gasteiger partial charge in [0.25, 0.3) is 5.88 Å². The Kier molecular flexibility index (Phi) is 3.38. The highest BCUT2D eigenvalue weighted by Gasteiger charge is 2.10. The van der Waals surface area contributed by atoms with Gasteiger partial charge in [-0.25, -0.2) is 14.2 Å². The highest BCUT2D eigenvalue weighted by atomic mass is 35.5. The molecule has 1 N–H and O–H groups in total. The van der Waals surface area contributed by atoms with E-state index in [1.807, 2.05) is 0 Å². The summed E-state index contributed by atoms with van der Waals surface area (Å²) >= 11 is 5.54. The number of nitrogens with zero attached hydrogens (tertiary/aromatic N) is 2. The van der Waals surface area contributed by atoms with Crippen molar-refractivity contribution in [1.29, 1.82) is 0 Å². The first kappa shape index (κ1) is 12.3. The third-order valence-electron chi connectivity index (χ3n) is 1.95. The minimum Gasteiger partial charge on any atom is -0.478 e. The summed E-state index contributed by atoms with van der Waals surface area (Å²) < 4.78 is 18.5. The number of hydrogen-bond acceptors (Lipinski definition) is 4. The molecule has 0 aromatic carbocycles. The summed E-state index contributed by atoms with van der Waals surface area (Å²) in [6, 6.07) is 2.25. The van der Waals surface area contributed by atoms with Crippen molar-refractivity contribution in [2.24, 2.45) is 0 Å². The second kappa shape index (κ2) is 4.97. The van der Waals surface area contributed by atoms with Crippen molar-refractivity contribution in [2.75, 3.05) is 0 Å². The van der Waals surface area contributed by atoms with Crippen LogP contribution in [0.1, 0.15) is 10.4 Å². The molecule has 92 valence electrons. The highest BCUT2D eigenvalue weighted by molar-refractivity contribution is 6.30. The summed E-state index contributed by atoms with van der Waals surface area (Å²) in [5.74, 6) is -2.13. The lowest BCUT2D eigenvalue weighted by atomic mass is 10.3. The monoisotopic (exact) mass is 268 g/mol. The number of ether oxygens (including phenoxy) is 1. The Morgan fingerprint density at radius 2 is 2.11 bits per heavy atom. The van der Waals surface area contributed by atoms with E-state index < -0.39 is 11.8 Å². The first-order chi connectivity index (χ1) is 8.56. The van der Waals surface area contributed by atoms with Crippen molar-refractivity contribution in [3.63, 3.8) is 0 Å². The van der Waals surface area contributed by atoms with Crippen molar-refractivity contribution in [1.82, 2.24) is 9.97 Å². The molecule has 0 saturated carbocycles. The third-order valence-corrected chi connectivity index (χ3v) is 2.16. The molecule has 5 nitrogen and oxygen atoms in total. The zero-order valence-corrected chi connectivity index (χ0v) is 9.56. The Morgan fingerprint density at radius 3 is 2.78 bits per heavy atom. The van der Waals surface area contributed by atoms with Crippen molar-refractivity contribution in [3.8, 4) is 11.6 Å². The molecule has 0 bridgehead atoms. The van der Waals surface area contributed by atoms with Gasteiger partial charge in [0.15, 0.2) is 5.82 Å². The van der Waals surface area contributed by atoms with Crippen LogP contribution in [0.15, 0.2) is 30.7 Å². The van der Waals surface area contributed by atoms with Crippen LogP contribution >= 0.6 is 11.6 Å².